The van der Waals surface area contributed by atoms with Crippen LogP contribution in [0.3, 0.4) is 0 Å². The van der Waals surface area contributed by atoms with Crippen molar-refractivity contribution in [1.29, 1.82) is 0 Å². The number of carbonyl (C=O) groups is 1. The van der Waals surface area contributed by atoms with Crippen LogP contribution in [0, 0.1) is 0 Å². The molecule has 0 radical (unpaired) electrons. The number of alkyl halides is 3. The number of hydrogen-bond acceptors (Lipinski definition) is 4. The minimum atomic E-state index is -1.80. The van der Waals surface area contributed by atoms with Crippen molar-refractivity contribution in [3.63, 3.8) is 0 Å². The molecule has 0 spiro atoms. The summed E-state index contributed by atoms with van der Waals surface area (Å²) < 4.78 is 8.66. The third-order valence-corrected chi connectivity index (χ3v) is 4.19. The fourth-order valence-electron chi connectivity index (χ4n) is 1.97. The van der Waals surface area contributed by atoms with Crippen molar-refractivity contribution in [2.75, 3.05) is 19.5 Å². The van der Waals surface area contributed by atoms with Gasteiger partial charge in [-0.25, -0.2) is 0 Å². The van der Waals surface area contributed by atoms with E-state index in [-0.39, 0.29) is 11.0 Å². The highest BCUT2D eigenvalue weighted by Crippen LogP contribution is 2.31. The number of nitrogens with one attached hydrogen (secondary N) is 3. The Morgan fingerprint density at radius 1 is 1.23 bits per heavy atom. The molecule has 0 aromatic heterocycles. The lowest BCUT2D eigenvalue weighted by Crippen LogP contribution is -2.56. The topological polar surface area (TPSA) is 71.6 Å². The highest BCUT2D eigenvalue weighted by Gasteiger charge is 2.34. The van der Waals surface area contributed by atoms with E-state index in [0.717, 1.165) is 12.8 Å². The smallest absolute Gasteiger partial charge is 0.228 e. The zero-order chi connectivity index (χ0) is 19.7. The Bertz CT molecular complexity index is 626. The predicted octanol–water partition coefficient (Wildman–Crippen LogP) is 3.99. The quantitative estimate of drug-likeness (QED) is 0.321. The lowest BCUT2D eigenvalue weighted by atomic mass is 10.2. The number of benzene rings is 1. The van der Waals surface area contributed by atoms with Gasteiger partial charge in [0.1, 0.15) is 17.7 Å². The van der Waals surface area contributed by atoms with Gasteiger partial charge in [-0.05, 0) is 30.8 Å². The number of thiocarbonyl (C=S) groups is 1. The molecule has 1 amide bonds. The zero-order valence-electron chi connectivity index (χ0n) is 14.7. The van der Waals surface area contributed by atoms with Crippen LogP contribution >= 0.6 is 47.0 Å². The predicted molar refractivity (Wildman–Crippen MR) is 111 cm³/mol. The largest absolute Gasteiger partial charge is 0.497 e. The van der Waals surface area contributed by atoms with Crippen LogP contribution < -0.4 is 25.4 Å². The van der Waals surface area contributed by atoms with Crippen LogP contribution in [0.2, 0.25) is 0 Å². The number of amides is 1. The average molecular weight is 443 g/mol. The van der Waals surface area contributed by atoms with E-state index in [2.05, 4.69) is 16.0 Å². The van der Waals surface area contributed by atoms with E-state index >= 15 is 0 Å². The van der Waals surface area contributed by atoms with Crippen LogP contribution in [0.25, 0.3) is 0 Å². The molecule has 0 aliphatic heterocycles. The number of anilines is 1. The first-order valence-corrected chi connectivity index (χ1v) is 9.41. The molecular formula is C16H22Cl3N3O3S. The van der Waals surface area contributed by atoms with Gasteiger partial charge in [0, 0.05) is 12.5 Å². The first kappa shape index (κ1) is 22.9. The highest BCUT2D eigenvalue weighted by molar-refractivity contribution is 7.80. The zero-order valence-corrected chi connectivity index (χ0v) is 17.8. The molecule has 1 aromatic rings. The summed E-state index contributed by atoms with van der Waals surface area (Å²) in [6.45, 7) is 1.98. The van der Waals surface area contributed by atoms with Crippen LogP contribution in [-0.2, 0) is 4.79 Å². The second-order valence-electron chi connectivity index (χ2n) is 5.31. The van der Waals surface area contributed by atoms with Gasteiger partial charge in [-0.15, -0.1) is 0 Å². The molecule has 0 unspecified atom stereocenters. The lowest BCUT2D eigenvalue weighted by molar-refractivity contribution is -0.122. The molecule has 6 nitrogen and oxygen atoms in total. The van der Waals surface area contributed by atoms with Gasteiger partial charge < -0.3 is 25.4 Å². The average Bonchev–Trinajstić information content (AvgIpc) is 2.58. The Balaban J connectivity index is 2.82. The Morgan fingerprint density at radius 2 is 1.92 bits per heavy atom. The van der Waals surface area contributed by atoms with Crippen LogP contribution in [0.15, 0.2) is 18.2 Å². The molecular weight excluding hydrogens is 421 g/mol. The van der Waals surface area contributed by atoms with Crippen LogP contribution in [0.1, 0.15) is 26.2 Å². The molecule has 26 heavy (non-hydrogen) atoms. The lowest BCUT2D eigenvalue weighted by Gasteiger charge is -2.28. The minimum absolute atomic E-state index is 0.142. The highest BCUT2D eigenvalue weighted by atomic mass is 35.6. The number of unbranched alkanes of at least 4 members (excludes halogenated alkanes) is 1. The SMILES string of the molecule is CCCCC(=O)N[C@@H](NC(=S)Nc1cc(OC)ccc1OC)C(Cl)(Cl)Cl. The van der Waals surface area contributed by atoms with Crippen molar-refractivity contribution >= 4 is 63.7 Å². The van der Waals surface area contributed by atoms with Crippen LogP contribution in [-0.4, -0.2) is 35.2 Å². The van der Waals surface area contributed by atoms with Gasteiger partial charge in [0.2, 0.25) is 9.70 Å². The molecule has 0 saturated carbocycles. The summed E-state index contributed by atoms with van der Waals surface area (Å²) in [6.07, 6.45) is 0.949. The Kier molecular flexibility index (Phi) is 9.57. The molecule has 0 fully saturated rings. The summed E-state index contributed by atoms with van der Waals surface area (Å²) in [5, 5.41) is 8.51. The molecule has 3 N–H and O–H groups in total. The number of carbonyl (C=O) groups excluding carboxylic acids is 1. The van der Waals surface area contributed by atoms with E-state index in [1.807, 2.05) is 6.92 Å². The van der Waals surface area contributed by atoms with Crippen molar-refractivity contribution < 1.29 is 14.3 Å². The van der Waals surface area contributed by atoms with E-state index < -0.39 is 9.96 Å². The number of ether oxygens (including phenoxy) is 2. The van der Waals surface area contributed by atoms with Gasteiger partial charge in [0.05, 0.1) is 19.9 Å². The van der Waals surface area contributed by atoms with Crippen molar-refractivity contribution in [3.05, 3.63) is 18.2 Å². The summed E-state index contributed by atoms with van der Waals surface area (Å²) in [6, 6.07) is 5.18. The number of halogens is 3. The third kappa shape index (κ3) is 7.61. The van der Waals surface area contributed by atoms with Crippen LogP contribution in [0.5, 0.6) is 11.5 Å². The normalized spacial score (nSPS) is 12.1. The molecule has 0 heterocycles. The summed E-state index contributed by atoms with van der Waals surface area (Å²) in [5.41, 5.74) is 0.560. The summed E-state index contributed by atoms with van der Waals surface area (Å²) in [4.78, 5) is 12.0. The molecule has 0 aliphatic carbocycles. The second-order valence-corrected chi connectivity index (χ2v) is 8.09. The molecule has 0 bridgehead atoms. The summed E-state index contributed by atoms with van der Waals surface area (Å²) >= 11 is 23.1. The molecule has 146 valence electrons. The van der Waals surface area contributed by atoms with Gasteiger partial charge in [0.25, 0.3) is 0 Å². The van der Waals surface area contributed by atoms with E-state index in [0.29, 0.717) is 23.6 Å². The van der Waals surface area contributed by atoms with Gasteiger partial charge in [-0.2, -0.15) is 0 Å². The molecule has 1 aromatic carbocycles. The van der Waals surface area contributed by atoms with Crippen molar-refractivity contribution in [2.24, 2.45) is 0 Å². The molecule has 0 aliphatic rings. The maximum atomic E-state index is 12.0. The van der Waals surface area contributed by atoms with E-state index in [9.17, 15) is 4.79 Å². The number of methoxy groups -OCH3 is 2. The van der Waals surface area contributed by atoms with Crippen molar-refractivity contribution in [3.8, 4) is 11.5 Å². The Morgan fingerprint density at radius 3 is 2.46 bits per heavy atom. The Hall–Kier alpha value is -1.15. The van der Waals surface area contributed by atoms with Gasteiger partial charge in [-0.1, -0.05) is 48.1 Å². The molecule has 10 heteroatoms. The fourth-order valence-corrected chi connectivity index (χ4v) is 2.53. The molecule has 0 saturated heterocycles. The monoisotopic (exact) mass is 441 g/mol. The maximum absolute atomic E-state index is 12.0. The van der Waals surface area contributed by atoms with E-state index in [1.165, 1.54) is 7.11 Å². The first-order chi connectivity index (χ1) is 12.2. The summed E-state index contributed by atoms with van der Waals surface area (Å²) in [5.74, 6) is 0.923. The second kappa shape index (κ2) is 10.9. The van der Waals surface area contributed by atoms with Gasteiger partial charge >= 0.3 is 0 Å². The van der Waals surface area contributed by atoms with Crippen molar-refractivity contribution in [1.82, 2.24) is 10.6 Å². The first-order valence-electron chi connectivity index (χ1n) is 7.86. The molecule has 1 rings (SSSR count). The maximum Gasteiger partial charge on any atom is 0.228 e. The summed E-state index contributed by atoms with van der Waals surface area (Å²) in [7, 11) is 3.08. The third-order valence-electron chi connectivity index (χ3n) is 3.32. The van der Waals surface area contributed by atoms with Gasteiger partial charge in [-0.3, -0.25) is 4.79 Å². The number of hydrogen-bond donors (Lipinski definition) is 3. The number of rotatable bonds is 8. The minimum Gasteiger partial charge on any atom is -0.497 e. The Labute approximate surface area is 173 Å². The van der Waals surface area contributed by atoms with E-state index in [1.54, 1.807) is 25.3 Å². The van der Waals surface area contributed by atoms with Gasteiger partial charge in [0.15, 0.2) is 5.11 Å². The fraction of sp³-hybridized carbons (Fsp3) is 0.500. The van der Waals surface area contributed by atoms with Crippen molar-refractivity contribution in [2.45, 2.75) is 36.1 Å². The standard InChI is InChI=1S/C16H22Cl3N3O3S/c1-4-5-6-13(23)21-14(16(17,18)19)22-15(26)20-11-9-10(24-2)7-8-12(11)25-3/h7-9,14H,4-6H2,1-3H3,(H,21,23)(H2,20,22,26)/t14-/m0/s1. The molecule has 1 atom stereocenters. The van der Waals surface area contributed by atoms with Crippen LogP contribution in [0.4, 0.5) is 5.69 Å². The van der Waals surface area contributed by atoms with E-state index in [4.69, 9.17) is 56.5 Å².